The first-order chi connectivity index (χ1) is 16.9. The molecule has 0 aliphatic rings. The number of aryl methyl sites for hydroxylation is 3. The number of aromatic nitrogens is 5. The van der Waals surface area contributed by atoms with Gasteiger partial charge in [0.25, 0.3) is 0 Å². The van der Waals surface area contributed by atoms with Gasteiger partial charge in [0.05, 0.1) is 10.4 Å². The Kier molecular flexibility index (Phi) is 4.74. The molecule has 5 aromatic heterocycles. The van der Waals surface area contributed by atoms with Crippen molar-refractivity contribution in [2.45, 2.75) is 27.4 Å². The molecule has 0 radical (unpaired) electrons. The molecule has 10 nitrogen and oxygen atoms in total. The van der Waals surface area contributed by atoms with Gasteiger partial charge in [-0.05, 0) is 56.2 Å². The number of nitro groups is 1. The Morgan fingerprint density at radius 1 is 1.14 bits per heavy atom. The van der Waals surface area contributed by atoms with E-state index in [1.54, 1.807) is 53.4 Å². The topological polar surface area (TPSA) is 121 Å². The summed E-state index contributed by atoms with van der Waals surface area (Å²) in [5, 5.41) is 16.9. The minimum Gasteiger partial charge on any atom is -0.479 e. The van der Waals surface area contributed by atoms with E-state index in [4.69, 9.17) is 14.1 Å². The number of ether oxygens (including phenoxy) is 1. The lowest BCUT2D eigenvalue weighted by Crippen LogP contribution is -1.98. The van der Waals surface area contributed by atoms with E-state index >= 15 is 0 Å². The van der Waals surface area contributed by atoms with Crippen LogP contribution in [0.1, 0.15) is 22.6 Å². The Bertz CT molecular complexity index is 1780. The molecule has 0 spiro atoms. The minimum absolute atomic E-state index is 0.0314. The van der Waals surface area contributed by atoms with Gasteiger partial charge in [0.2, 0.25) is 5.82 Å². The molecule has 35 heavy (non-hydrogen) atoms. The standard InChI is InChI=1S/C24H18N6O4S/c1-12-4-6-17(16(8-12)30(31)32)33-10-15-5-7-18(34-15)22-27-23-21-20(25-11-29(23)28-22)19-13(2)9-14(3)26-24(19)35-21/h4-9,11H,10H2,1-3H3. The summed E-state index contributed by atoms with van der Waals surface area (Å²) in [7, 11) is 0. The number of fused-ring (bicyclic) bond motifs is 5. The number of furan rings is 1. The van der Waals surface area contributed by atoms with Gasteiger partial charge < -0.3 is 9.15 Å². The Morgan fingerprint density at radius 2 is 2.00 bits per heavy atom. The van der Waals surface area contributed by atoms with Gasteiger partial charge in [-0.1, -0.05) is 6.07 Å². The van der Waals surface area contributed by atoms with Gasteiger partial charge >= 0.3 is 5.69 Å². The summed E-state index contributed by atoms with van der Waals surface area (Å²) in [6.45, 7) is 5.86. The predicted molar refractivity (Wildman–Crippen MR) is 131 cm³/mol. The second-order valence-electron chi connectivity index (χ2n) is 8.27. The highest BCUT2D eigenvalue weighted by molar-refractivity contribution is 7.26. The fraction of sp³-hybridized carbons (Fsp3) is 0.167. The van der Waals surface area contributed by atoms with Crippen LogP contribution in [0.3, 0.4) is 0 Å². The molecule has 1 aromatic carbocycles. The van der Waals surface area contributed by atoms with Crippen LogP contribution in [0.5, 0.6) is 5.75 Å². The highest BCUT2D eigenvalue weighted by atomic mass is 32.1. The number of benzene rings is 1. The maximum Gasteiger partial charge on any atom is 0.311 e. The van der Waals surface area contributed by atoms with Crippen LogP contribution < -0.4 is 4.74 Å². The Hall–Kier alpha value is -4.38. The van der Waals surface area contributed by atoms with E-state index in [0.717, 1.165) is 37.3 Å². The van der Waals surface area contributed by atoms with Gasteiger partial charge in [0.1, 0.15) is 28.2 Å². The average Bonchev–Trinajstić information content (AvgIpc) is 3.53. The molecule has 0 unspecified atom stereocenters. The zero-order valence-corrected chi connectivity index (χ0v) is 19.8. The van der Waals surface area contributed by atoms with Crippen molar-refractivity contribution < 1.29 is 14.1 Å². The fourth-order valence-electron chi connectivity index (χ4n) is 4.09. The fourth-order valence-corrected chi connectivity index (χ4v) is 5.31. The Labute approximate surface area is 202 Å². The highest BCUT2D eigenvalue weighted by Crippen LogP contribution is 2.36. The molecule has 0 fully saturated rings. The van der Waals surface area contributed by atoms with Crippen LogP contribution in [0, 0.1) is 30.9 Å². The van der Waals surface area contributed by atoms with Gasteiger partial charge in [0.15, 0.2) is 17.2 Å². The van der Waals surface area contributed by atoms with Gasteiger partial charge in [0, 0.05) is 17.1 Å². The van der Waals surface area contributed by atoms with Crippen molar-refractivity contribution in [1.29, 1.82) is 0 Å². The zero-order valence-electron chi connectivity index (χ0n) is 19.0. The van der Waals surface area contributed by atoms with E-state index < -0.39 is 4.92 Å². The van der Waals surface area contributed by atoms with E-state index in [1.165, 1.54) is 6.07 Å². The molecule has 6 aromatic rings. The molecule has 0 aliphatic carbocycles. The molecule has 0 N–H and O–H groups in total. The number of pyridine rings is 1. The third-order valence-electron chi connectivity index (χ3n) is 5.66. The smallest absolute Gasteiger partial charge is 0.311 e. The molecule has 0 amide bonds. The van der Waals surface area contributed by atoms with Gasteiger partial charge in [-0.3, -0.25) is 10.1 Å². The molecule has 0 saturated heterocycles. The van der Waals surface area contributed by atoms with Crippen LogP contribution in [0.15, 0.2) is 47.1 Å². The molecule has 0 atom stereocenters. The van der Waals surface area contributed by atoms with Crippen LogP contribution in [0.25, 0.3) is 37.7 Å². The number of hydrogen-bond donors (Lipinski definition) is 0. The molecule has 11 heteroatoms. The lowest BCUT2D eigenvalue weighted by Gasteiger charge is -2.05. The number of nitrogens with zero attached hydrogens (tertiary/aromatic N) is 6. The molecular formula is C24H18N6O4S. The number of rotatable bonds is 5. The first-order valence-electron chi connectivity index (χ1n) is 10.8. The summed E-state index contributed by atoms with van der Waals surface area (Å²) >= 11 is 1.54. The first-order valence-corrected chi connectivity index (χ1v) is 11.6. The summed E-state index contributed by atoms with van der Waals surface area (Å²) < 4.78 is 14.1. The predicted octanol–water partition coefficient (Wildman–Crippen LogP) is 5.56. The normalized spacial score (nSPS) is 11.6. The number of thiophene rings is 1. The molecule has 0 aliphatic heterocycles. The molecule has 0 bridgehead atoms. The second-order valence-corrected chi connectivity index (χ2v) is 9.27. The van der Waals surface area contributed by atoms with E-state index in [-0.39, 0.29) is 18.0 Å². The quantitative estimate of drug-likeness (QED) is 0.229. The third-order valence-corrected chi connectivity index (χ3v) is 6.72. The van der Waals surface area contributed by atoms with E-state index in [0.29, 0.717) is 23.0 Å². The van der Waals surface area contributed by atoms with Crippen LogP contribution >= 0.6 is 11.3 Å². The van der Waals surface area contributed by atoms with Crippen LogP contribution in [0.4, 0.5) is 5.69 Å². The zero-order chi connectivity index (χ0) is 24.3. The summed E-state index contributed by atoms with van der Waals surface area (Å²) in [4.78, 5) is 25.8. The molecule has 5 heterocycles. The maximum atomic E-state index is 11.3. The molecule has 174 valence electrons. The number of nitro benzene ring substituents is 1. The molecular weight excluding hydrogens is 468 g/mol. The largest absolute Gasteiger partial charge is 0.479 e. The van der Waals surface area contributed by atoms with E-state index in [9.17, 15) is 10.1 Å². The van der Waals surface area contributed by atoms with E-state index in [1.807, 2.05) is 13.0 Å². The van der Waals surface area contributed by atoms with Crippen molar-refractivity contribution >= 4 is 43.1 Å². The van der Waals surface area contributed by atoms with Crippen molar-refractivity contribution in [1.82, 2.24) is 24.6 Å². The second kappa shape index (κ2) is 7.84. The van der Waals surface area contributed by atoms with Crippen LogP contribution in [0.2, 0.25) is 0 Å². The van der Waals surface area contributed by atoms with Crippen molar-refractivity contribution in [3.05, 3.63) is 75.4 Å². The van der Waals surface area contributed by atoms with Crippen molar-refractivity contribution in [2.24, 2.45) is 0 Å². The van der Waals surface area contributed by atoms with Gasteiger partial charge in [-0.15, -0.1) is 16.4 Å². The Morgan fingerprint density at radius 3 is 2.83 bits per heavy atom. The van der Waals surface area contributed by atoms with Crippen molar-refractivity contribution in [2.75, 3.05) is 0 Å². The van der Waals surface area contributed by atoms with Crippen molar-refractivity contribution in [3.8, 4) is 17.3 Å². The van der Waals surface area contributed by atoms with Crippen LogP contribution in [-0.2, 0) is 6.61 Å². The lowest BCUT2D eigenvalue weighted by molar-refractivity contribution is -0.386. The molecule has 0 saturated carbocycles. The average molecular weight is 487 g/mol. The van der Waals surface area contributed by atoms with Gasteiger partial charge in [-0.2, -0.15) is 0 Å². The van der Waals surface area contributed by atoms with Crippen LogP contribution in [-0.4, -0.2) is 29.5 Å². The molecule has 6 rings (SSSR count). The lowest BCUT2D eigenvalue weighted by atomic mass is 10.1. The SMILES string of the molecule is Cc1ccc(OCc2ccc(-c3nc4c5sc6nc(C)cc(C)c6c5ncn4n3)o2)c([N+](=O)[O-])c1. The highest BCUT2D eigenvalue weighted by Gasteiger charge is 2.19. The third kappa shape index (κ3) is 3.56. The van der Waals surface area contributed by atoms with Crippen molar-refractivity contribution in [3.63, 3.8) is 0 Å². The van der Waals surface area contributed by atoms with Gasteiger partial charge in [-0.25, -0.2) is 19.5 Å². The maximum absolute atomic E-state index is 11.3. The monoisotopic (exact) mass is 486 g/mol. The van der Waals surface area contributed by atoms with E-state index in [2.05, 4.69) is 22.0 Å². The number of hydrogen-bond acceptors (Lipinski definition) is 9. The Balaban J connectivity index is 1.33. The summed E-state index contributed by atoms with van der Waals surface area (Å²) in [5.41, 5.74) is 4.31. The summed E-state index contributed by atoms with van der Waals surface area (Å²) in [6, 6.07) is 10.4. The summed E-state index contributed by atoms with van der Waals surface area (Å²) in [6.07, 6.45) is 1.64. The first kappa shape index (κ1) is 21.2. The minimum atomic E-state index is -0.461. The summed E-state index contributed by atoms with van der Waals surface area (Å²) in [5.74, 6) is 1.55.